The highest BCUT2D eigenvalue weighted by atomic mass is 32.3. The molecule has 0 unspecified atom stereocenters. The van der Waals surface area contributed by atoms with Gasteiger partial charge in [0.25, 0.3) is 5.91 Å². The zero-order valence-electron chi connectivity index (χ0n) is 17.1. The molecule has 0 rings (SSSR count). The molecular weight excluding hydrogens is 406 g/mol. The number of rotatable bonds is 18. The summed E-state index contributed by atoms with van der Waals surface area (Å²) >= 11 is 0. The van der Waals surface area contributed by atoms with Crippen LogP contribution in [0.4, 0.5) is 0 Å². The average molecular weight is 444 g/mol. The van der Waals surface area contributed by atoms with E-state index in [-0.39, 0.29) is 0 Å². The molecule has 1 amide bonds. The number of aliphatic hydroxyl groups is 4. The van der Waals surface area contributed by atoms with E-state index < -0.39 is 47.3 Å². The quantitative estimate of drug-likeness (QED) is 0.128. The van der Waals surface area contributed by atoms with E-state index in [2.05, 4.69) is 16.4 Å². The second-order valence-electron chi connectivity index (χ2n) is 7.18. The van der Waals surface area contributed by atoms with Gasteiger partial charge in [-0.15, -0.1) is 0 Å². The fourth-order valence-corrected chi connectivity index (χ4v) is 3.06. The molecule has 29 heavy (non-hydrogen) atoms. The van der Waals surface area contributed by atoms with Crippen molar-refractivity contribution in [3.8, 4) is 0 Å². The third-order valence-electron chi connectivity index (χ3n) is 4.55. The number of carbonyl (C=O) groups excluding carboxylic acids is 1. The van der Waals surface area contributed by atoms with Gasteiger partial charge in [0, 0.05) is 6.54 Å². The van der Waals surface area contributed by atoms with Crippen LogP contribution in [-0.2, 0) is 19.4 Å². The first-order chi connectivity index (χ1) is 13.6. The van der Waals surface area contributed by atoms with Crippen molar-refractivity contribution in [3.63, 3.8) is 0 Å². The van der Waals surface area contributed by atoms with E-state index in [0.29, 0.717) is 13.0 Å². The normalized spacial score (nSPS) is 16.2. The highest BCUT2D eigenvalue weighted by Crippen LogP contribution is 2.10. The lowest BCUT2D eigenvalue weighted by atomic mass is 10.0. The Balaban J connectivity index is 3.91. The third kappa shape index (κ3) is 14.8. The fourth-order valence-electron chi connectivity index (χ4n) is 2.75. The first-order valence-corrected chi connectivity index (χ1v) is 11.6. The standard InChI is InChI=1S/C18H37NO9S/c1-2-3-4-5-6-7-8-9-10-11-12-19-18(24)17(23)16(22)15(21)14(20)13-28-29(25,26)27/h14-17,20-23H,2-13H2,1H3,(H,19,24)(H,25,26,27)/t14-,15-,16+,17-/m1/s1. The molecule has 6 N–H and O–H groups in total. The topological polar surface area (TPSA) is 174 Å². The van der Waals surface area contributed by atoms with Crippen molar-refractivity contribution in [3.05, 3.63) is 0 Å². The van der Waals surface area contributed by atoms with Crippen molar-refractivity contribution in [1.82, 2.24) is 5.32 Å². The Bertz CT molecular complexity index is 529. The van der Waals surface area contributed by atoms with Gasteiger partial charge in [0.2, 0.25) is 0 Å². The lowest BCUT2D eigenvalue weighted by Crippen LogP contribution is -2.52. The molecule has 0 aromatic heterocycles. The maximum atomic E-state index is 11.8. The van der Waals surface area contributed by atoms with Gasteiger partial charge in [-0.1, -0.05) is 64.7 Å². The van der Waals surface area contributed by atoms with Crippen LogP contribution in [0.25, 0.3) is 0 Å². The summed E-state index contributed by atoms with van der Waals surface area (Å²) in [7, 11) is -4.84. The summed E-state index contributed by atoms with van der Waals surface area (Å²) in [5.74, 6) is -0.921. The maximum Gasteiger partial charge on any atom is 0.397 e. The van der Waals surface area contributed by atoms with Crippen LogP contribution < -0.4 is 5.32 Å². The van der Waals surface area contributed by atoms with Gasteiger partial charge in [-0.25, -0.2) is 4.18 Å². The molecule has 174 valence electrons. The Kier molecular flexibility index (Phi) is 15.5. The van der Waals surface area contributed by atoms with Crippen molar-refractivity contribution in [1.29, 1.82) is 0 Å². The van der Waals surface area contributed by atoms with Gasteiger partial charge in [-0.05, 0) is 6.42 Å². The van der Waals surface area contributed by atoms with E-state index in [9.17, 15) is 33.6 Å². The minimum absolute atomic E-state index is 0.295. The Hall–Kier alpha value is -0.820. The number of aliphatic hydroxyl groups excluding tert-OH is 4. The van der Waals surface area contributed by atoms with Crippen molar-refractivity contribution < 1.29 is 42.4 Å². The van der Waals surface area contributed by atoms with Gasteiger partial charge < -0.3 is 25.7 Å². The lowest BCUT2D eigenvalue weighted by Gasteiger charge is -2.25. The zero-order valence-corrected chi connectivity index (χ0v) is 17.9. The van der Waals surface area contributed by atoms with Gasteiger partial charge in [0.05, 0.1) is 6.61 Å². The molecule has 11 heteroatoms. The molecule has 0 aliphatic rings. The largest absolute Gasteiger partial charge is 0.397 e. The number of nitrogens with one attached hydrogen (secondary N) is 1. The fraction of sp³-hybridized carbons (Fsp3) is 0.944. The van der Waals surface area contributed by atoms with E-state index in [1.807, 2.05) is 0 Å². The van der Waals surface area contributed by atoms with E-state index in [4.69, 9.17) is 4.55 Å². The molecule has 0 radical (unpaired) electrons. The van der Waals surface area contributed by atoms with Gasteiger partial charge in [-0.2, -0.15) is 8.42 Å². The number of hydrogen-bond donors (Lipinski definition) is 6. The van der Waals surface area contributed by atoms with Crippen molar-refractivity contribution in [2.24, 2.45) is 0 Å². The first kappa shape index (κ1) is 28.2. The predicted molar refractivity (Wildman–Crippen MR) is 106 cm³/mol. The molecule has 0 aromatic rings. The van der Waals surface area contributed by atoms with Crippen LogP contribution in [0.15, 0.2) is 0 Å². The number of hydrogen-bond acceptors (Lipinski definition) is 8. The Morgan fingerprint density at radius 2 is 1.34 bits per heavy atom. The van der Waals surface area contributed by atoms with Crippen molar-refractivity contribution in [2.75, 3.05) is 13.2 Å². The smallest absolute Gasteiger partial charge is 0.388 e. The summed E-state index contributed by atoms with van der Waals surface area (Å²) in [6.45, 7) is 1.43. The van der Waals surface area contributed by atoms with E-state index in [0.717, 1.165) is 19.3 Å². The van der Waals surface area contributed by atoms with Gasteiger partial charge in [-0.3, -0.25) is 9.35 Å². The molecular formula is C18H37NO9S. The maximum absolute atomic E-state index is 11.8. The van der Waals surface area contributed by atoms with Crippen LogP contribution in [0.3, 0.4) is 0 Å². The van der Waals surface area contributed by atoms with Crippen LogP contribution in [0.1, 0.15) is 71.1 Å². The summed E-state index contributed by atoms with van der Waals surface area (Å²) in [4.78, 5) is 11.8. The Morgan fingerprint density at radius 3 is 1.83 bits per heavy atom. The average Bonchev–Trinajstić information content (AvgIpc) is 2.67. The molecule has 0 saturated heterocycles. The second-order valence-corrected chi connectivity index (χ2v) is 8.27. The molecule has 0 aliphatic carbocycles. The first-order valence-electron chi connectivity index (χ1n) is 10.2. The van der Waals surface area contributed by atoms with Gasteiger partial charge in [0.15, 0.2) is 6.10 Å². The number of amides is 1. The Labute approximate surface area is 173 Å². The summed E-state index contributed by atoms with van der Waals surface area (Å²) < 4.78 is 33.1. The minimum atomic E-state index is -4.84. The Morgan fingerprint density at radius 1 is 0.862 bits per heavy atom. The number of unbranched alkanes of at least 4 members (excludes halogenated alkanes) is 9. The SMILES string of the molecule is CCCCCCCCCCCCNC(=O)[C@H](O)[C@@H](O)[C@H](O)[C@H](O)COS(=O)(=O)O. The molecule has 0 bridgehead atoms. The molecule has 0 saturated carbocycles. The summed E-state index contributed by atoms with van der Waals surface area (Å²) in [5.41, 5.74) is 0. The van der Waals surface area contributed by atoms with Crippen LogP contribution >= 0.6 is 0 Å². The molecule has 0 aromatic carbocycles. The van der Waals surface area contributed by atoms with Crippen LogP contribution in [-0.4, -0.2) is 76.9 Å². The van der Waals surface area contributed by atoms with Gasteiger partial charge >= 0.3 is 10.4 Å². The number of carbonyl (C=O) groups is 1. The van der Waals surface area contributed by atoms with Crippen molar-refractivity contribution in [2.45, 2.75) is 95.5 Å². The molecule has 4 atom stereocenters. The monoisotopic (exact) mass is 443 g/mol. The highest BCUT2D eigenvalue weighted by Gasteiger charge is 2.34. The van der Waals surface area contributed by atoms with Crippen molar-refractivity contribution >= 4 is 16.3 Å². The van der Waals surface area contributed by atoms with E-state index >= 15 is 0 Å². The zero-order chi connectivity index (χ0) is 22.3. The highest BCUT2D eigenvalue weighted by molar-refractivity contribution is 7.80. The van der Waals surface area contributed by atoms with E-state index in [1.165, 1.54) is 38.5 Å². The van der Waals surface area contributed by atoms with Gasteiger partial charge in [0.1, 0.15) is 18.3 Å². The molecule has 0 fully saturated rings. The van der Waals surface area contributed by atoms with E-state index in [1.54, 1.807) is 0 Å². The molecule has 0 aliphatic heterocycles. The second kappa shape index (κ2) is 15.9. The van der Waals surface area contributed by atoms with Crippen LogP contribution in [0, 0.1) is 0 Å². The van der Waals surface area contributed by atoms with Crippen LogP contribution in [0.2, 0.25) is 0 Å². The molecule has 0 heterocycles. The molecule has 0 spiro atoms. The van der Waals surface area contributed by atoms with Crippen LogP contribution in [0.5, 0.6) is 0 Å². The minimum Gasteiger partial charge on any atom is -0.388 e. The third-order valence-corrected chi connectivity index (χ3v) is 4.99. The predicted octanol–water partition coefficient (Wildman–Crippen LogP) is 0.287. The lowest BCUT2D eigenvalue weighted by molar-refractivity contribution is -0.148. The summed E-state index contributed by atoms with van der Waals surface area (Å²) in [5, 5.41) is 41.1. The summed E-state index contributed by atoms with van der Waals surface area (Å²) in [6.07, 6.45) is 3.23. The summed E-state index contributed by atoms with van der Waals surface area (Å²) in [6, 6.07) is 0. The molecule has 10 nitrogen and oxygen atoms in total.